The zero-order valence-electron chi connectivity index (χ0n) is 11.6. The second-order valence-electron chi connectivity index (χ2n) is 5.43. The molecule has 0 radical (unpaired) electrons. The highest BCUT2D eigenvalue weighted by atomic mass is 16.5. The third-order valence-corrected chi connectivity index (χ3v) is 3.53. The molecular weight excluding hydrogens is 216 g/mol. The Labute approximate surface area is 105 Å². The summed E-state index contributed by atoms with van der Waals surface area (Å²) in [5, 5.41) is 3.33. The second-order valence-corrected chi connectivity index (χ2v) is 5.43. The molecule has 1 aliphatic heterocycles. The van der Waals surface area contributed by atoms with E-state index >= 15 is 0 Å². The van der Waals surface area contributed by atoms with Gasteiger partial charge in [-0.25, -0.2) is 0 Å². The van der Waals surface area contributed by atoms with Crippen LogP contribution in [0.2, 0.25) is 0 Å². The molecule has 0 aliphatic carbocycles. The molecule has 1 N–H and O–H groups in total. The Hall–Kier alpha value is -0.610. The van der Waals surface area contributed by atoms with Crippen molar-refractivity contribution < 1.29 is 9.53 Å². The summed E-state index contributed by atoms with van der Waals surface area (Å²) in [5.41, 5.74) is -0.240. The normalized spacial score (nSPS) is 25.0. The Balaban J connectivity index is 2.68. The predicted molar refractivity (Wildman–Crippen MR) is 68.9 cm³/mol. The van der Waals surface area contributed by atoms with Gasteiger partial charge >= 0.3 is 0 Å². The quantitative estimate of drug-likeness (QED) is 0.789. The molecule has 1 heterocycles. The highest BCUT2D eigenvalue weighted by Crippen LogP contribution is 2.28. The summed E-state index contributed by atoms with van der Waals surface area (Å²) in [5.74, 6) is 0.261. The van der Waals surface area contributed by atoms with Crippen molar-refractivity contribution in [2.45, 2.75) is 39.7 Å². The first kappa shape index (κ1) is 14.5. The first-order chi connectivity index (χ1) is 8.01. The predicted octanol–water partition coefficient (Wildman–Crippen LogP) is 1.26. The van der Waals surface area contributed by atoms with Crippen LogP contribution >= 0.6 is 0 Å². The maximum atomic E-state index is 12.6. The number of carbonyl (C=O) groups excluding carboxylic acids is 1. The summed E-state index contributed by atoms with van der Waals surface area (Å²) >= 11 is 0. The maximum absolute atomic E-state index is 12.6. The SMILES string of the molecule is COCCN(C(=O)C1(C)CCCNC1)C(C)C. The number of carbonyl (C=O) groups is 1. The molecule has 1 atom stereocenters. The van der Waals surface area contributed by atoms with Crippen LogP contribution in [0.15, 0.2) is 0 Å². The van der Waals surface area contributed by atoms with Gasteiger partial charge in [-0.15, -0.1) is 0 Å². The van der Waals surface area contributed by atoms with E-state index in [-0.39, 0.29) is 17.4 Å². The van der Waals surface area contributed by atoms with Crippen LogP contribution in [0.1, 0.15) is 33.6 Å². The first-order valence-electron chi connectivity index (χ1n) is 6.52. The number of amides is 1. The number of methoxy groups -OCH3 is 1. The summed E-state index contributed by atoms with van der Waals surface area (Å²) in [7, 11) is 1.67. The largest absolute Gasteiger partial charge is 0.383 e. The van der Waals surface area contributed by atoms with Gasteiger partial charge in [-0.05, 0) is 40.2 Å². The van der Waals surface area contributed by atoms with Gasteiger partial charge in [0.2, 0.25) is 5.91 Å². The first-order valence-corrected chi connectivity index (χ1v) is 6.52. The molecule has 0 aromatic heterocycles. The van der Waals surface area contributed by atoms with E-state index in [9.17, 15) is 4.79 Å². The second kappa shape index (κ2) is 6.36. The van der Waals surface area contributed by atoms with Crippen LogP contribution in [-0.4, -0.2) is 50.2 Å². The summed E-state index contributed by atoms with van der Waals surface area (Å²) in [4.78, 5) is 14.5. The zero-order chi connectivity index (χ0) is 12.9. The van der Waals surface area contributed by atoms with Crippen molar-refractivity contribution in [3.05, 3.63) is 0 Å². The van der Waals surface area contributed by atoms with E-state index in [0.717, 1.165) is 25.9 Å². The number of rotatable bonds is 5. The number of hydrogen-bond donors (Lipinski definition) is 1. The van der Waals surface area contributed by atoms with Crippen LogP contribution in [0.4, 0.5) is 0 Å². The molecule has 0 bridgehead atoms. The summed E-state index contributed by atoms with van der Waals surface area (Å²) in [6.45, 7) is 9.31. The maximum Gasteiger partial charge on any atom is 0.230 e. The van der Waals surface area contributed by atoms with Crippen LogP contribution in [0.5, 0.6) is 0 Å². The molecule has 4 nitrogen and oxygen atoms in total. The summed E-state index contributed by atoms with van der Waals surface area (Å²) in [6, 6.07) is 0.233. The molecule has 1 rings (SSSR count). The van der Waals surface area contributed by atoms with Crippen LogP contribution in [0.3, 0.4) is 0 Å². The summed E-state index contributed by atoms with van der Waals surface area (Å²) < 4.78 is 5.08. The van der Waals surface area contributed by atoms with Gasteiger partial charge in [-0.1, -0.05) is 0 Å². The third kappa shape index (κ3) is 3.68. The minimum Gasteiger partial charge on any atom is -0.383 e. The fourth-order valence-corrected chi connectivity index (χ4v) is 2.37. The third-order valence-electron chi connectivity index (χ3n) is 3.53. The lowest BCUT2D eigenvalue weighted by Crippen LogP contribution is -2.52. The Morgan fingerprint density at radius 1 is 1.53 bits per heavy atom. The molecule has 0 aromatic rings. The van der Waals surface area contributed by atoms with Crippen LogP contribution in [-0.2, 0) is 9.53 Å². The fraction of sp³-hybridized carbons (Fsp3) is 0.923. The number of hydrogen-bond acceptors (Lipinski definition) is 3. The molecule has 100 valence electrons. The van der Waals surface area contributed by atoms with Gasteiger partial charge in [-0.2, -0.15) is 0 Å². The Bertz CT molecular complexity index is 248. The molecule has 1 aliphatic rings. The topological polar surface area (TPSA) is 41.6 Å². The molecule has 4 heteroatoms. The lowest BCUT2D eigenvalue weighted by molar-refractivity contribution is -0.144. The Kier molecular flexibility index (Phi) is 5.40. The minimum atomic E-state index is -0.240. The number of ether oxygens (including phenoxy) is 1. The molecular formula is C13H26N2O2. The summed E-state index contributed by atoms with van der Waals surface area (Å²) in [6.07, 6.45) is 2.06. The van der Waals surface area contributed by atoms with E-state index in [2.05, 4.69) is 26.1 Å². The monoisotopic (exact) mass is 242 g/mol. The standard InChI is InChI=1S/C13H26N2O2/c1-11(2)15(8-9-17-4)12(16)13(3)6-5-7-14-10-13/h11,14H,5-10H2,1-4H3. The van der Waals surface area contributed by atoms with E-state index in [1.54, 1.807) is 7.11 Å². The van der Waals surface area contributed by atoms with Crippen LogP contribution < -0.4 is 5.32 Å². The number of nitrogens with zero attached hydrogens (tertiary/aromatic N) is 1. The molecule has 1 fully saturated rings. The molecule has 0 spiro atoms. The van der Waals surface area contributed by atoms with Crippen LogP contribution in [0, 0.1) is 5.41 Å². The van der Waals surface area contributed by atoms with Crippen molar-refractivity contribution in [2.24, 2.45) is 5.41 Å². The number of piperidine rings is 1. The van der Waals surface area contributed by atoms with E-state index in [4.69, 9.17) is 4.74 Å². The lowest BCUT2D eigenvalue weighted by atomic mass is 9.81. The van der Waals surface area contributed by atoms with Gasteiger partial charge in [0.15, 0.2) is 0 Å². The van der Waals surface area contributed by atoms with Gasteiger partial charge in [0, 0.05) is 26.2 Å². The van der Waals surface area contributed by atoms with E-state index in [0.29, 0.717) is 13.2 Å². The van der Waals surface area contributed by atoms with E-state index in [1.807, 2.05) is 4.90 Å². The molecule has 17 heavy (non-hydrogen) atoms. The average molecular weight is 242 g/mol. The highest BCUT2D eigenvalue weighted by molar-refractivity contribution is 5.83. The molecule has 0 aromatic carbocycles. The van der Waals surface area contributed by atoms with Gasteiger partial charge < -0.3 is 15.0 Å². The fourth-order valence-electron chi connectivity index (χ4n) is 2.37. The van der Waals surface area contributed by atoms with Crippen LogP contribution in [0.25, 0.3) is 0 Å². The van der Waals surface area contributed by atoms with Crippen molar-refractivity contribution >= 4 is 5.91 Å². The average Bonchev–Trinajstić information content (AvgIpc) is 2.30. The van der Waals surface area contributed by atoms with Crippen molar-refractivity contribution in [3.63, 3.8) is 0 Å². The van der Waals surface area contributed by atoms with Gasteiger partial charge in [0.25, 0.3) is 0 Å². The molecule has 1 saturated heterocycles. The van der Waals surface area contributed by atoms with Crippen molar-refractivity contribution in [2.75, 3.05) is 33.4 Å². The smallest absolute Gasteiger partial charge is 0.230 e. The van der Waals surface area contributed by atoms with Gasteiger partial charge in [0.1, 0.15) is 0 Å². The van der Waals surface area contributed by atoms with E-state index in [1.165, 1.54) is 0 Å². The molecule has 1 amide bonds. The van der Waals surface area contributed by atoms with Gasteiger partial charge in [-0.3, -0.25) is 4.79 Å². The lowest BCUT2D eigenvalue weighted by Gasteiger charge is -2.39. The Morgan fingerprint density at radius 2 is 2.24 bits per heavy atom. The number of nitrogens with one attached hydrogen (secondary N) is 1. The van der Waals surface area contributed by atoms with E-state index < -0.39 is 0 Å². The molecule has 1 unspecified atom stereocenters. The zero-order valence-corrected chi connectivity index (χ0v) is 11.6. The Morgan fingerprint density at radius 3 is 2.71 bits per heavy atom. The molecule has 0 saturated carbocycles. The van der Waals surface area contributed by atoms with Gasteiger partial charge in [0.05, 0.1) is 12.0 Å². The van der Waals surface area contributed by atoms with Crippen molar-refractivity contribution in [1.82, 2.24) is 10.2 Å². The highest BCUT2D eigenvalue weighted by Gasteiger charge is 2.38. The minimum absolute atomic E-state index is 0.233. The van der Waals surface area contributed by atoms with Crippen molar-refractivity contribution in [3.8, 4) is 0 Å². The van der Waals surface area contributed by atoms with Crippen molar-refractivity contribution in [1.29, 1.82) is 0 Å².